The van der Waals surface area contributed by atoms with E-state index in [1.807, 2.05) is 36.4 Å². The number of hydrogen-bond donors (Lipinski definition) is 0. The lowest BCUT2D eigenvalue weighted by molar-refractivity contribution is 0.591. The number of hydrogen-bond acceptors (Lipinski definition) is 3. The highest BCUT2D eigenvalue weighted by Gasteiger charge is 2.29. The second-order valence-electron chi connectivity index (χ2n) is 17.4. The van der Waals surface area contributed by atoms with Crippen molar-refractivity contribution in [1.29, 1.82) is 5.26 Å². The summed E-state index contributed by atoms with van der Waals surface area (Å²) in [4.78, 5) is 0. The number of halogens is 1. The molecule has 4 heterocycles. The van der Waals surface area contributed by atoms with Crippen LogP contribution in [0, 0.1) is 11.3 Å². The van der Waals surface area contributed by atoms with Crippen molar-refractivity contribution in [3.63, 3.8) is 0 Å². The van der Waals surface area contributed by atoms with Crippen LogP contribution in [0.5, 0.6) is 0 Å². The van der Waals surface area contributed by atoms with Crippen LogP contribution in [0.1, 0.15) is 58.2 Å². The monoisotopic (exact) mass is 759 g/mol. The number of rotatable bonds is 2. The second-order valence-corrected chi connectivity index (χ2v) is 17.8. The molecule has 276 valence electrons. The zero-order valence-electron chi connectivity index (χ0n) is 32.6. The molecule has 0 aliphatic carbocycles. The summed E-state index contributed by atoms with van der Waals surface area (Å²) in [5.74, 6) is 0. The molecule has 7 aromatic carbocycles. The van der Waals surface area contributed by atoms with E-state index in [4.69, 9.17) is 20.4 Å². The molecule has 0 spiro atoms. The first-order chi connectivity index (χ1) is 27.4. The van der Waals surface area contributed by atoms with Gasteiger partial charge in [-0.05, 0) is 94.8 Å². The van der Waals surface area contributed by atoms with Crippen molar-refractivity contribution >= 4 is 99.1 Å². The Morgan fingerprint density at radius 1 is 0.491 bits per heavy atom. The lowest BCUT2D eigenvalue weighted by Crippen LogP contribution is -2.11. The lowest BCUT2D eigenvalue weighted by atomic mass is 9.86. The van der Waals surface area contributed by atoms with Gasteiger partial charge in [0.25, 0.3) is 0 Å². The molecule has 5 nitrogen and oxygen atoms in total. The summed E-state index contributed by atoms with van der Waals surface area (Å²) in [6.45, 7) is 13.4. The number of nitrogens with zero attached hydrogens (tertiary/aromatic N) is 3. The van der Waals surface area contributed by atoms with Crippen LogP contribution in [0.3, 0.4) is 0 Å². The number of aromatic nitrogens is 2. The fraction of sp³-hybridized carbons (Fsp3) is 0.157. The third-order valence-electron chi connectivity index (χ3n) is 11.9. The summed E-state index contributed by atoms with van der Waals surface area (Å²) in [6, 6.07) is 44.7. The van der Waals surface area contributed by atoms with Crippen LogP contribution in [0.15, 0.2) is 130 Å². The highest BCUT2D eigenvalue weighted by atomic mass is 35.5. The first kappa shape index (κ1) is 33.8. The summed E-state index contributed by atoms with van der Waals surface area (Å²) < 4.78 is 17.9. The smallest absolute Gasteiger partial charge is 0.145 e. The minimum atomic E-state index is -0.0969. The predicted octanol–water partition coefficient (Wildman–Crippen LogP) is 14.8. The zero-order valence-corrected chi connectivity index (χ0v) is 33.3. The number of para-hydroxylation sites is 2. The van der Waals surface area contributed by atoms with E-state index in [1.54, 1.807) is 0 Å². The van der Waals surface area contributed by atoms with Crippen LogP contribution in [0.2, 0.25) is 5.02 Å². The minimum absolute atomic E-state index is 0.0925. The molecule has 0 fully saturated rings. The van der Waals surface area contributed by atoms with Crippen molar-refractivity contribution in [2.24, 2.45) is 0 Å². The molecule has 0 amide bonds. The molecule has 4 aromatic heterocycles. The maximum absolute atomic E-state index is 11.0. The van der Waals surface area contributed by atoms with Gasteiger partial charge in [-0.1, -0.05) is 102 Å². The lowest BCUT2D eigenvalue weighted by Gasteiger charge is -2.21. The molecule has 6 heteroatoms. The van der Waals surface area contributed by atoms with Crippen molar-refractivity contribution in [2.75, 3.05) is 0 Å². The topological polar surface area (TPSA) is 59.9 Å². The predicted molar refractivity (Wildman–Crippen MR) is 237 cm³/mol. The summed E-state index contributed by atoms with van der Waals surface area (Å²) in [7, 11) is 0. The first-order valence-corrected chi connectivity index (χ1v) is 19.8. The average molecular weight is 760 g/mol. The number of nitriles is 1. The molecular formula is C51H38ClN3O2. The molecule has 0 bridgehead atoms. The molecule has 0 N–H and O–H groups in total. The molecule has 0 radical (unpaired) electrons. The van der Waals surface area contributed by atoms with Gasteiger partial charge in [-0.2, -0.15) is 5.26 Å². The SMILES string of the molecule is CC(C)(C)c1ccc2c(c1)c1c3oc4ccccc4c3ccc1n2-c1c(Cl)ccc(C#N)c1-n1c2ccc(C(C)(C)C)cc2c2c3oc4ccccc4c3ccc21. The van der Waals surface area contributed by atoms with E-state index in [-0.39, 0.29) is 10.8 Å². The standard InChI is InChI=1S/C51H38ClN3O2/c1-50(2,3)29-16-21-38-35(25-29)44-40(23-18-33-31-11-7-9-13-42(31)56-48(33)44)54(38)46-28(27-53)15-20-37(52)47(46)55-39-22-17-30(51(4,5)6)26-36(39)45-41(55)24-19-34-32-12-8-10-14-43(32)57-49(34)45/h7-26H,1-6H3. The fourth-order valence-corrected chi connectivity index (χ4v) is 9.31. The van der Waals surface area contributed by atoms with E-state index in [1.165, 1.54) is 11.1 Å². The molecule has 57 heavy (non-hydrogen) atoms. The normalized spacial score (nSPS) is 12.8. The van der Waals surface area contributed by atoms with Gasteiger partial charge in [0, 0.05) is 32.3 Å². The molecule has 0 aliphatic rings. The molecule has 11 aromatic rings. The zero-order chi connectivity index (χ0) is 39.1. The van der Waals surface area contributed by atoms with Gasteiger partial charge in [0.05, 0.1) is 54.8 Å². The molecule has 0 atom stereocenters. The van der Waals surface area contributed by atoms with Crippen LogP contribution >= 0.6 is 11.6 Å². The molecular weight excluding hydrogens is 722 g/mol. The van der Waals surface area contributed by atoms with Gasteiger partial charge in [-0.3, -0.25) is 0 Å². The number of fused-ring (bicyclic) bond motifs is 14. The van der Waals surface area contributed by atoms with Crippen LogP contribution in [-0.2, 0) is 10.8 Å². The molecule has 0 saturated carbocycles. The third kappa shape index (κ3) is 4.68. The Labute approximate surface area is 333 Å². The number of benzene rings is 7. The van der Waals surface area contributed by atoms with E-state index in [2.05, 4.69) is 142 Å². The van der Waals surface area contributed by atoms with E-state index in [0.717, 1.165) is 93.2 Å². The highest BCUT2D eigenvalue weighted by molar-refractivity contribution is 6.34. The summed E-state index contributed by atoms with van der Waals surface area (Å²) in [6.07, 6.45) is 0. The van der Waals surface area contributed by atoms with Crippen LogP contribution in [-0.4, -0.2) is 9.13 Å². The minimum Gasteiger partial charge on any atom is -0.455 e. The molecule has 0 saturated heterocycles. The second kappa shape index (κ2) is 11.5. The maximum Gasteiger partial charge on any atom is 0.145 e. The van der Waals surface area contributed by atoms with Gasteiger partial charge in [-0.25, -0.2) is 0 Å². The fourth-order valence-electron chi connectivity index (χ4n) is 9.07. The van der Waals surface area contributed by atoms with Crippen molar-refractivity contribution in [1.82, 2.24) is 9.13 Å². The van der Waals surface area contributed by atoms with E-state index < -0.39 is 0 Å². The number of furan rings is 2. The van der Waals surface area contributed by atoms with E-state index in [9.17, 15) is 5.26 Å². The van der Waals surface area contributed by atoms with Crippen LogP contribution < -0.4 is 0 Å². The molecule has 11 rings (SSSR count). The van der Waals surface area contributed by atoms with Gasteiger partial charge in [0.15, 0.2) is 0 Å². The highest BCUT2D eigenvalue weighted by Crippen LogP contribution is 2.47. The largest absolute Gasteiger partial charge is 0.455 e. The molecule has 0 unspecified atom stereocenters. The third-order valence-corrected chi connectivity index (χ3v) is 12.3. The van der Waals surface area contributed by atoms with E-state index in [0.29, 0.717) is 16.3 Å². The van der Waals surface area contributed by atoms with E-state index >= 15 is 0 Å². The van der Waals surface area contributed by atoms with Crippen molar-refractivity contribution in [2.45, 2.75) is 52.4 Å². The van der Waals surface area contributed by atoms with Crippen molar-refractivity contribution in [3.05, 3.63) is 143 Å². The Morgan fingerprint density at radius 2 is 0.947 bits per heavy atom. The summed E-state index contributed by atoms with van der Waals surface area (Å²) >= 11 is 7.50. The maximum atomic E-state index is 11.0. The quantitative estimate of drug-likeness (QED) is 0.176. The van der Waals surface area contributed by atoms with Gasteiger partial charge in [0.2, 0.25) is 0 Å². The van der Waals surface area contributed by atoms with Crippen molar-refractivity contribution in [3.8, 4) is 17.4 Å². The van der Waals surface area contributed by atoms with Gasteiger partial charge in [-0.15, -0.1) is 0 Å². The van der Waals surface area contributed by atoms with Crippen LogP contribution in [0.25, 0.3) is 98.9 Å². The van der Waals surface area contributed by atoms with Crippen LogP contribution in [0.4, 0.5) is 0 Å². The Bertz CT molecular complexity index is 3570. The van der Waals surface area contributed by atoms with Gasteiger partial charge in [0.1, 0.15) is 28.4 Å². The Hall–Kier alpha value is -6.48. The Kier molecular flexibility index (Phi) is 6.85. The van der Waals surface area contributed by atoms with Gasteiger partial charge >= 0.3 is 0 Å². The Balaban J connectivity index is 1.33. The van der Waals surface area contributed by atoms with Crippen molar-refractivity contribution < 1.29 is 8.83 Å². The first-order valence-electron chi connectivity index (χ1n) is 19.4. The molecule has 0 aliphatic heterocycles. The summed E-state index contributed by atoms with van der Waals surface area (Å²) in [5.41, 5.74) is 11.3. The Morgan fingerprint density at radius 3 is 1.42 bits per heavy atom. The average Bonchev–Trinajstić information content (AvgIpc) is 3.94. The summed E-state index contributed by atoms with van der Waals surface area (Å²) in [5, 5.41) is 19.9. The van der Waals surface area contributed by atoms with Gasteiger partial charge < -0.3 is 18.0 Å².